The summed E-state index contributed by atoms with van der Waals surface area (Å²) < 4.78 is 7.25. The van der Waals surface area contributed by atoms with Crippen LogP contribution in [-0.2, 0) is 6.54 Å². The Labute approximate surface area is 176 Å². The van der Waals surface area contributed by atoms with Crippen LogP contribution < -0.4 is 4.74 Å². The summed E-state index contributed by atoms with van der Waals surface area (Å²) in [5.74, 6) is 1.70. The van der Waals surface area contributed by atoms with Crippen LogP contribution in [0.25, 0.3) is 5.69 Å². The van der Waals surface area contributed by atoms with E-state index in [1.165, 1.54) is 0 Å². The number of piperazine rings is 1. The number of benzene rings is 2. The predicted octanol–water partition coefficient (Wildman–Crippen LogP) is 2.33. The summed E-state index contributed by atoms with van der Waals surface area (Å²) in [6, 6.07) is 15.5. The number of amides is 1. The summed E-state index contributed by atoms with van der Waals surface area (Å²) in [7, 11) is 0. The lowest BCUT2D eigenvalue weighted by Gasteiger charge is -2.34. The molecule has 0 unspecified atom stereocenters. The maximum atomic E-state index is 12.8. The standard InChI is InChI=1S/C22H26N6O2/c1-3-30-19-10-8-18(9-11-19)28-21(23-24-25-28)16-26-12-14-27(15-13-26)22(29)20-7-5-4-6-17(20)2/h4-11H,3,12-16H2,1-2H3. The molecule has 30 heavy (non-hydrogen) atoms. The summed E-state index contributed by atoms with van der Waals surface area (Å²) in [6.45, 7) is 8.16. The average molecular weight is 406 g/mol. The normalized spacial score (nSPS) is 14.7. The number of carbonyl (C=O) groups is 1. The number of hydrogen-bond donors (Lipinski definition) is 0. The molecule has 156 valence electrons. The zero-order chi connectivity index (χ0) is 20.9. The van der Waals surface area contributed by atoms with Gasteiger partial charge in [0.15, 0.2) is 5.82 Å². The van der Waals surface area contributed by atoms with E-state index in [0.29, 0.717) is 26.2 Å². The number of tetrazole rings is 1. The Hall–Kier alpha value is -3.26. The van der Waals surface area contributed by atoms with Gasteiger partial charge in [-0.3, -0.25) is 9.69 Å². The highest BCUT2D eigenvalue weighted by Gasteiger charge is 2.24. The van der Waals surface area contributed by atoms with Crippen LogP contribution in [0.5, 0.6) is 5.75 Å². The van der Waals surface area contributed by atoms with Gasteiger partial charge in [-0.15, -0.1) is 5.10 Å². The van der Waals surface area contributed by atoms with Crippen molar-refractivity contribution in [3.05, 3.63) is 65.5 Å². The van der Waals surface area contributed by atoms with Crippen LogP contribution in [0.15, 0.2) is 48.5 Å². The van der Waals surface area contributed by atoms with Crippen molar-refractivity contribution >= 4 is 5.91 Å². The van der Waals surface area contributed by atoms with Gasteiger partial charge in [-0.1, -0.05) is 18.2 Å². The van der Waals surface area contributed by atoms with Crippen LogP contribution in [0.4, 0.5) is 0 Å². The SMILES string of the molecule is CCOc1ccc(-n2nnnc2CN2CCN(C(=O)c3ccccc3C)CC2)cc1. The molecule has 0 aliphatic carbocycles. The fourth-order valence-corrected chi connectivity index (χ4v) is 3.65. The summed E-state index contributed by atoms with van der Waals surface area (Å²) in [5, 5.41) is 12.2. The van der Waals surface area contributed by atoms with Crippen LogP contribution in [-0.4, -0.2) is 68.7 Å². The molecule has 4 rings (SSSR count). The molecule has 1 aromatic heterocycles. The van der Waals surface area contributed by atoms with Crippen LogP contribution in [0.1, 0.15) is 28.7 Å². The molecular formula is C22H26N6O2. The Morgan fingerprint density at radius 3 is 2.47 bits per heavy atom. The highest BCUT2D eigenvalue weighted by molar-refractivity contribution is 5.95. The van der Waals surface area contributed by atoms with Gasteiger partial charge >= 0.3 is 0 Å². The average Bonchev–Trinajstić information content (AvgIpc) is 3.23. The van der Waals surface area contributed by atoms with E-state index in [0.717, 1.165) is 41.5 Å². The van der Waals surface area contributed by atoms with Gasteiger partial charge in [0, 0.05) is 31.7 Å². The van der Waals surface area contributed by atoms with Crippen LogP contribution in [0.3, 0.4) is 0 Å². The molecule has 8 heteroatoms. The van der Waals surface area contributed by atoms with E-state index in [2.05, 4.69) is 20.4 Å². The van der Waals surface area contributed by atoms with Crippen molar-refractivity contribution in [1.82, 2.24) is 30.0 Å². The van der Waals surface area contributed by atoms with Crippen molar-refractivity contribution in [3.8, 4) is 11.4 Å². The van der Waals surface area contributed by atoms with Gasteiger partial charge in [0.1, 0.15) is 5.75 Å². The molecule has 0 radical (unpaired) electrons. The number of hydrogen-bond acceptors (Lipinski definition) is 6. The van der Waals surface area contributed by atoms with Crippen molar-refractivity contribution < 1.29 is 9.53 Å². The maximum Gasteiger partial charge on any atom is 0.254 e. The number of carbonyl (C=O) groups excluding carboxylic acids is 1. The van der Waals surface area contributed by atoms with Gasteiger partial charge in [0.05, 0.1) is 18.8 Å². The molecule has 0 N–H and O–H groups in total. The maximum absolute atomic E-state index is 12.8. The zero-order valence-corrected chi connectivity index (χ0v) is 17.4. The number of nitrogens with zero attached hydrogens (tertiary/aromatic N) is 6. The molecule has 1 amide bonds. The Balaban J connectivity index is 1.38. The van der Waals surface area contributed by atoms with Crippen molar-refractivity contribution in [1.29, 1.82) is 0 Å². The molecule has 1 aliphatic heterocycles. The molecule has 1 saturated heterocycles. The molecule has 3 aromatic rings. The van der Waals surface area contributed by atoms with E-state index >= 15 is 0 Å². The van der Waals surface area contributed by atoms with Crippen LogP contribution >= 0.6 is 0 Å². The van der Waals surface area contributed by atoms with Crippen LogP contribution in [0.2, 0.25) is 0 Å². The summed E-state index contributed by atoms with van der Waals surface area (Å²) in [5.41, 5.74) is 2.69. The molecular weight excluding hydrogens is 380 g/mol. The minimum Gasteiger partial charge on any atom is -0.494 e. The summed E-state index contributed by atoms with van der Waals surface area (Å²) >= 11 is 0. The molecule has 0 atom stereocenters. The molecule has 0 spiro atoms. The van der Waals surface area contributed by atoms with E-state index in [1.807, 2.05) is 67.3 Å². The molecule has 2 aromatic carbocycles. The van der Waals surface area contributed by atoms with E-state index in [1.54, 1.807) is 4.68 Å². The number of aryl methyl sites for hydroxylation is 1. The number of ether oxygens (including phenoxy) is 1. The lowest BCUT2D eigenvalue weighted by atomic mass is 10.1. The molecule has 1 fully saturated rings. The first-order valence-corrected chi connectivity index (χ1v) is 10.2. The van der Waals surface area contributed by atoms with Gasteiger partial charge < -0.3 is 9.64 Å². The minimum absolute atomic E-state index is 0.104. The second kappa shape index (κ2) is 9.04. The Kier molecular flexibility index (Phi) is 6.04. The highest BCUT2D eigenvalue weighted by atomic mass is 16.5. The van der Waals surface area contributed by atoms with Crippen molar-refractivity contribution in [2.24, 2.45) is 0 Å². The first-order chi connectivity index (χ1) is 14.7. The zero-order valence-electron chi connectivity index (χ0n) is 17.4. The highest BCUT2D eigenvalue weighted by Crippen LogP contribution is 2.17. The quantitative estimate of drug-likeness (QED) is 0.625. The lowest BCUT2D eigenvalue weighted by Crippen LogP contribution is -2.48. The van der Waals surface area contributed by atoms with Crippen LogP contribution in [0, 0.1) is 6.92 Å². The van der Waals surface area contributed by atoms with Crippen molar-refractivity contribution in [3.63, 3.8) is 0 Å². The van der Waals surface area contributed by atoms with Crippen molar-refractivity contribution in [2.45, 2.75) is 20.4 Å². The largest absolute Gasteiger partial charge is 0.494 e. The van der Waals surface area contributed by atoms with Gasteiger partial charge in [0.25, 0.3) is 5.91 Å². The van der Waals surface area contributed by atoms with E-state index in [9.17, 15) is 4.79 Å². The molecule has 1 aliphatic rings. The Bertz CT molecular complexity index is 993. The first-order valence-electron chi connectivity index (χ1n) is 10.2. The fraction of sp³-hybridized carbons (Fsp3) is 0.364. The van der Waals surface area contributed by atoms with Gasteiger partial charge in [-0.05, 0) is 60.2 Å². The van der Waals surface area contributed by atoms with E-state index < -0.39 is 0 Å². The first kappa shape index (κ1) is 20.0. The number of aromatic nitrogens is 4. The third-order valence-electron chi connectivity index (χ3n) is 5.33. The lowest BCUT2D eigenvalue weighted by molar-refractivity contribution is 0.0624. The molecule has 0 bridgehead atoms. The van der Waals surface area contributed by atoms with Crippen molar-refractivity contribution in [2.75, 3.05) is 32.8 Å². The number of rotatable bonds is 6. The second-order valence-electron chi connectivity index (χ2n) is 7.32. The molecule has 0 saturated carbocycles. The molecule has 8 nitrogen and oxygen atoms in total. The van der Waals surface area contributed by atoms with Gasteiger partial charge in [-0.2, -0.15) is 4.68 Å². The fourth-order valence-electron chi connectivity index (χ4n) is 3.65. The summed E-state index contributed by atoms with van der Waals surface area (Å²) in [4.78, 5) is 17.0. The van der Waals surface area contributed by atoms with E-state index in [4.69, 9.17) is 4.74 Å². The summed E-state index contributed by atoms with van der Waals surface area (Å²) in [6.07, 6.45) is 0. The van der Waals surface area contributed by atoms with E-state index in [-0.39, 0.29) is 5.91 Å². The topological polar surface area (TPSA) is 76.4 Å². The smallest absolute Gasteiger partial charge is 0.254 e. The minimum atomic E-state index is 0.104. The third kappa shape index (κ3) is 4.33. The van der Waals surface area contributed by atoms with Gasteiger partial charge in [-0.25, -0.2) is 0 Å². The Morgan fingerprint density at radius 1 is 1.03 bits per heavy atom. The Morgan fingerprint density at radius 2 is 1.77 bits per heavy atom. The predicted molar refractivity (Wildman–Crippen MR) is 113 cm³/mol. The second-order valence-corrected chi connectivity index (χ2v) is 7.32. The monoisotopic (exact) mass is 406 g/mol. The molecule has 2 heterocycles. The van der Waals surface area contributed by atoms with Gasteiger partial charge in [0.2, 0.25) is 0 Å². The third-order valence-corrected chi connectivity index (χ3v) is 5.33.